The van der Waals surface area contributed by atoms with Crippen LogP contribution in [-0.2, 0) is 12.8 Å². The molecule has 0 aromatic heterocycles. The van der Waals surface area contributed by atoms with Crippen molar-refractivity contribution in [1.29, 1.82) is 0 Å². The molecule has 4 heteroatoms. The Morgan fingerprint density at radius 3 is 2.48 bits per heavy atom. The summed E-state index contributed by atoms with van der Waals surface area (Å²) in [6.07, 6.45) is 1.56. The first-order valence-corrected chi connectivity index (χ1v) is 8.18. The van der Waals surface area contributed by atoms with Crippen LogP contribution in [0.5, 0.6) is 0 Å². The van der Waals surface area contributed by atoms with E-state index in [4.69, 9.17) is 11.6 Å². The first kappa shape index (κ1) is 16.5. The molecule has 0 amide bonds. The van der Waals surface area contributed by atoms with E-state index in [9.17, 15) is 4.39 Å². The van der Waals surface area contributed by atoms with Gasteiger partial charge in [-0.15, -0.1) is 0 Å². The highest BCUT2D eigenvalue weighted by Crippen LogP contribution is 2.23. The lowest BCUT2D eigenvalue weighted by molar-refractivity contribution is 0.519. The lowest BCUT2D eigenvalue weighted by Gasteiger charge is -2.19. The van der Waals surface area contributed by atoms with Crippen molar-refractivity contribution in [3.05, 3.63) is 68.9 Å². The molecule has 0 saturated heterocycles. The fourth-order valence-electron chi connectivity index (χ4n) is 2.41. The molecule has 0 radical (unpaired) electrons. The van der Waals surface area contributed by atoms with Crippen LogP contribution in [0.15, 0.2) is 46.9 Å². The highest BCUT2D eigenvalue weighted by molar-refractivity contribution is 9.10. The molecule has 0 heterocycles. The molecule has 2 aromatic rings. The van der Waals surface area contributed by atoms with Gasteiger partial charge < -0.3 is 5.32 Å². The van der Waals surface area contributed by atoms with E-state index in [1.165, 1.54) is 11.6 Å². The Balaban J connectivity index is 2.16. The van der Waals surface area contributed by atoms with Crippen LogP contribution >= 0.6 is 27.5 Å². The van der Waals surface area contributed by atoms with Gasteiger partial charge in [0.1, 0.15) is 5.82 Å². The number of halogens is 3. The van der Waals surface area contributed by atoms with Gasteiger partial charge in [0.05, 0.1) is 5.02 Å². The quantitative estimate of drug-likeness (QED) is 0.754. The fourth-order valence-corrected chi connectivity index (χ4v) is 3.06. The summed E-state index contributed by atoms with van der Waals surface area (Å²) >= 11 is 9.63. The van der Waals surface area contributed by atoms with Crippen molar-refractivity contribution in [2.75, 3.05) is 6.54 Å². The maximum atomic E-state index is 13.5. The Hall–Kier alpha value is -0.900. The van der Waals surface area contributed by atoms with Crippen molar-refractivity contribution in [2.45, 2.75) is 25.8 Å². The summed E-state index contributed by atoms with van der Waals surface area (Å²) in [6, 6.07) is 13.4. The van der Waals surface area contributed by atoms with Crippen LogP contribution in [0.3, 0.4) is 0 Å². The zero-order valence-corrected chi connectivity index (χ0v) is 14.2. The van der Waals surface area contributed by atoms with Crippen molar-refractivity contribution in [3.63, 3.8) is 0 Å². The van der Waals surface area contributed by atoms with E-state index < -0.39 is 0 Å². The molecule has 1 N–H and O–H groups in total. The van der Waals surface area contributed by atoms with Crippen molar-refractivity contribution in [1.82, 2.24) is 5.32 Å². The monoisotopic (exact) mass is 369 g/mol. The Bertz CT molecular complexity index is 603. The summed E-state index contributed by atoms with van der Waals surface area (Å²) in [5.74, 6) is -0.356. The normalized spacial score (nSPS) is 12.4. The van der Waals surface area contributed by atoms with E-state index in [2.05, 4.69) is 34.2 Å². The topological polar surface area (TPSA) is 12.0 Å². The third kappa shape index (κ3) is 4.53. The predicted molar refractivity (Wildman–Crippen MR) is 90.4 cm³/mol. The van der Waals surface area contributed by atoms with E-state index in [0.717, 1.165) is 23.0 Å². The van der Waals surface area contributed by atoms with Gasteiger partial charge in [-0.25, -0.2) is 4.39 Å². The number of nitrogens with one attached hydrogen (secondary N) is 1. The Labute approximate surface area is 138 Å². The molecule has 1 unspecified atom stereocenters. The maximum absolute atomic E-state index is 13.5. The molecule has 0 aliphatic rings. The smallest absolute Gasteiger partial charge is 0.142 e. The lowest BCUT2D eigenvalue weighted by Crippen LogP contribution is -2.33. The van der Waals surface area contributed by atoms with Gasteiger partial charge in [-0.3, -0.25) is 0 Å². The van der Waals surface area contributed by atoms with Crippen LogP contribution in [0.25, 0.3) is 0 Å². The minimum atomic E-state index is -0.356. The maximum Gasteiger partial charge on any atom is 0.142 e. The van der Waals surface area contributed by atoms with Crippen LogP contribution in [0.4, 0.5) is 4.39 Å². The molecule has 0 aliphatic carbocycles. The standard InChI is InChI=1S/C17H18BrClFN/c1-2-21-14(10-12-6-3-4-8-15(12)18)11-13-7-5-9-16(20)17(13)19/h3-9,14,21H,2,10-11H2,1H3. The Morgan fingerprint density at radius 1 is 1.10 bits per heavy atom. The zero-order valence-electron chi connectivity index (χ0n) is 11.9. The first-order chi connectivity index (χ1) is 10.1. The van der Waals surface area contributed by atoms with Crippen LogP contribution in [-0.4, -0.2) is 12.6 Å². The second-order valence-electron chi connectivity index (χ2n) is 4.97. The summed E-state index contributed by atoms with van der Waals surface area (Å²) in [4.78, 5) is 0. The van der Waals surface area contributed by atoms with Gasteiger partial charge in [-0.05, 0) is 42.6 Å². The molecule has 0 fully saturated rings. The molecule has 21 heavy (non-hydrogen) atoms. The third-order valence-electron chi connectivity index (χ3n) is 3.41. The van der Waals surface area contributed by atoms with Gasteiger partial charge in [0, 0.05) is 10.5 Å². The summed E-state index contributed by atoms with van der Waals surface area (Å²) < 4.78 is 14.6. The number of likely N-dealkylation sites (N-methyl/N-ethyl adjacent to an activating group) is 1. The molecule has 0 aliphatic heterocycles. The molecular weight excluding hydrogens is 353 g/mol. The second-order valence-corrected chi connectivity index (χ2v) is 6.20. The number of hydrogen-bond donors (Lipinski definition) is 1. The Morgan fingerprint density at radius 2 is 1.76 bits per heavy atom. The molecule has 0 spiro atoms. The van der Waals surface area contributed by atoms with Crippen LogP contribution < -0.4 is 5.32 Å². The van der Waals surface area contributed by atoms with Crippen LogP contribution in [0.2, 0.25) is 5.02 Å². The van der Waals surface area contributed by atoms with Crippen molar-refractivity contribution < 1.29 is 4.39 Å². The minimum absolute atomic E-state index is 0.216. The van der Waals surface area contributed by atoms with Crippen LogP contribution in [0, 0.1) is 5.82 Å². The molecule has 1 atom stereocenters. The van der Waals surface area contributed by atoms with E-state index in [0.29, 0.717) is 6.42 Å². The van der Waals surface area contributed by atoms with E-state index in [-0.39, 0.29) is 16.9 Å². The second kappa shape index (κ2) is 7.92. The van der Waals surface area contributed by atoms with E-state index in [1.807, 2.05) is 24.3 Å². The molecule has 2 aromatic carbocycles. The molecule has 1 nitrogen and oxygen atoms in total. The van der Waals surface area contributed by atoms with Gasteiger partial charge in [0.2, 0.25) is 0 Å². The predicted octanol–water partition coefficient (Wildman–Crippen LogP) is 5.00. The SMILES string of the molecule is CCNC(Cc1ccccc1Br)Cc1cccc(F)c1Cl. The van der Waals surface area contributed by atoms with Gasteiger partial charge in [-0.2, -0.15) is 0 Å². The van der Waals surface area contributed by atoms with Gasteiger partial charge >= 0.3 is 0 Å². The van der Waals surface area contributed by atoms with Crippen molar-refractivity contribution in [3.8, 4) is 0 Å². The molecule has 2 rings (SSSR count). The summed E-state index contributed by atoms with van der Waals surface area (Å²) in [5, 5.41) is 3.68. The summed E-state index contributed by atoms with van der Waals surface area (Å²) in [5.41, 5.74) is 2.07. The number of hydrogen-bond acceptors (Lipinski definition) is 1. The van der Waals surface area contributed by atoms with Gasteiger partial charge in [0.25, 0.3) is 0 Å². The molecule has 112 valence electrons. The number of benzene rings is 2. The van der Waals surface area contributed by atoms with Crippen molar-refractivity contribution in [2.24, 2.45) is 0 Å². The van der Waals surface area contributed by atoms with Crippen molar-refractivity contribution >= 4 is 27.5 Å². The van der Waals surface area contributed by atoms with Gasteiger partial charge in [-0.1, -0.05) is 64.8 Å². The third-order valence-corrected chi connectivity index (χ3v) is 4.61. The van der Waals surface area contributed by atoms with Crippen LogP contribution in [0.1, 0.15) is 18.1 Å². The van der Waals surface area contributed by atoms with E-state index in [1.54, 1.807) is 6.07 Å². The molecule has 0 bridgehead atoms. The van der Waals surface area contributed by atoms with Gasteiger partial charge in [0.15, 0.2) is 0 Å². The zero-order chi connectivity index (χ0) is 15.2. The first-order valence-electron chi connectivity index (χ1n) is 7.01. The molecule has 0 saturated carbocycles. The largest absolute Gasteiger partial charge is 0.314 e. The average molecular weight is 371 g/mol. The minimum Gasteiger partial charge on any atom is -0.314 e. The summed E-state index contributed by atoms with van der Waals surface area (Å²) in [6.45, 7) is 2.93. The summed E-state index contributed by atoms with van der Waals surface area (Å²) in [7, 11) is 0. The lowest BCUT2D eigenvalue weighted by atomic mass is 9.99. The Kier molecular flexibility index (Phi) is 6.22. The average Bonchev–Trinajstić information content (AvgIpc) is 2.46. The molecular formula is C17H18BrClFN. The highest BCUT2D eigenvalue weighted by Gasteiger charge is 2.14. The van der Waals surface area contributed by atoms with E-state index >= 15 is 0 Å². The highest BCUT2D eigenvalue weighted by atomic mass is 79.9. The fraction of sp³-hybridized carbons (Fsp3) is 0.294. The number of rotatable bonds is 6.